The molecular weight excluding hydrogens is 398 g/mol. The molecule has 1 aliphatic rings. The summed E-state index contributed by atoms with van der Waals surface area (Å²) in [4.78, 5) is 38.2. The number of carbonyl (C=O) groups is 3. The number of hydrogen-bond acceptors (Lipinski definition) is 5. The minimum Gasteiger partial charge on any atom is -0.495 e. The fourth-order valence-corrected chi connectivity index (χ4v) is 3.27. The first-order valence-electron chi connectivity index (χ1n) is 9.08. The predicted molar refractivity (Wildman–Crippen MR) is 105 cm³/mol. The van der Waals surface area contributed by atoms with Crippen molar-refractivity contribution in [1.82, 2.24) is 0 Å². The van der Waals surface area contributed by atoms with Gasteiger partial charge in [-0.05, 0) is 30.7 Å². The van der Waals surface area contributed by atoms with Gasteiger partial charge in [0, 0.05) is 19.0 Å². The molecule has 0 aromatic heterocycles. The van der Waals surface area contributed by atoms with Crippen molar-refractivity contribution in [3.63, 3.8) is 0 Å². The number of benzene rings is 2. The Morgan fingerprint density at radius 3 is 2.53 bits per heavy atom. The quantitative estimate of drug-likeness (QED) is 0.755. The van der Waals surface area contributed by atoms with Crippen LogP contribution in [0.1, 0.15) is 22.3 Å². The number of nitrogens with zero attached hydrogens (tertiary/aromatic N) is 1. The van der Waals surface area contributed by atoms with Crippen molar-refractivity contribution in [2.45, 2.75) is 13.3 Å². The van der Waals surface area contributed by atoms with E-state index in [0.717, 1.165) is 18.7 Å². The second-order valence-corrected chi connectivity index (χ2v) is 6.87. The van der Waals surface area contributed by atoms with Crippen LogP contribution in [0.15, 0.2) is 30.3 Å². The highest BCUT2D eigenvalue weighted by atomic mass is 19.1. The monoisotopic (exact) mass is 418 g/mol. The molecule has 2 aromatic carbocycles. The lowest BCUT2D eigenvalue weighted by Crippen LogP contribution is -2.28. The van der Waals surface area contributed by atoms with E-state index in [2.05, 4.69) is 10.1 Å². The third kappa shape index (κ3) is 4.10. The van der Waals surface area contributed by atoms with Crippen molar-refractivity contribution in [3.8, 4) is 5.75 Å². The maximum atomic E-state index is 14.1. The van der Waals surface area contributed by atoms with Crippen LogP contribution in [-0.4, -0.2) is 38.5 Å². The lowest BCUT2D eigenvalue weighted by molar-refractivity contribution is -0.122. The van der Waals surface area contributed by atoms with Crippen molar-refractivity contribution in [1.29, 1.82) is 0 Å². The van der Waals surface area contributed by atoms with Crippen molar-refractivity contribution in [3.05, 3.63) is 53.1 Å². The molecule has 7 nitrogen and oxygen atoms in total. The van der Waals surface area contributed by atoms with Gasteiger partial charge in [-0.1, -0.05) is 6.07 Å². The van der Waals surface area contributed by atoms with Crippen molar-refractivity contribution >= 4 is 29.2 Å². The van der Waals surface area contributed by atoms with E-state index in [1.165, 1.54) is 12.0 Å². The molecule has 158 valence electrons. The highest BCUT2D eigenvalue weighted by molar-refractivity contribution is 6.04. The molecule has 0 saturated carbocycles. The Morgan fingerprint density at radius 2 is 1.87 bits per heavy atom. The Bertz CT molecular complexity index is 1020. The van der Waals surface area contributed by atoms with E-state index in [4.69, 9.17) is 4.74 Å². The molecule has 9 heteroatoms. The van der Waals surface area contributed by atoms with Gasteiger partial charge in [-0.2, -0.15) is 0 Å². The molecule has 2 aromatic rings. The molecular formula is C21H20F2N2O5. The minimum atomic E-state index is -1.11. The van der Waals surface area contributed by atoms with Gasteiger partial charge >= 0.3 is 5.97 Å². The Hall–Kier alpha value is -3.49. The second-order valence-electron chi connectivity index (χ2n) is 6.87. The molecule has 2 amide bonds. The Kier molecular flexibility index (Phi) is 6.00. The summed E-state index contributed by atoms with van der Waals surface area (Å²) in [5.41, 5.74) is 0.567. The number of halogens is 2. The molecule has 3 rings (SSSR count). The number of rotatable bonds is 5. The molecule has 1 unspecified atom stereocenters. The van der Waals surface area contributed by atoms with Gasteiger partial charge in [-0.25, -0.2) is 13.6 Å². The minimum absolute atomic E-state index is 0.0666. The number of ether oxygens (including phenoxy) is 2. The molecule has 0 spiro atoms. The molecule has 1 atom stereocenters. The largest absolute Gasteiger partial charge is 0.495 e. The Morgan fingerprint density at radius 1 is 1.13 bits per heavy atom. The SMILES string of the molecule is COC(=O)c1cc(NC(=O)C2CC(=O)N(c3cc(C)ccc3OC)C2)c(F)cc1F. The van der Waals surface area contributed by atoms with Crippen molar-refractivity contribution < 1.29 is 32.6 Å². The van der Waals surface area contributed by atoms with E-state index >= 15 is 0 Å². The third-order valence-corrected chi connectivity index (χ3v) is 4.84. The number of hydrogen-bond donors (Lipinski definition) is 1. The normalized spacial score (nSPS) is 15.8. The van der Waals surface area contributed by atoms with Crippen LogP contribution < -0.4 is 15.0 Å². The Labute approximate surface area is 171 Å². The second kappa shape index (κ2) is 8.48. The molecule has 1 heterocycles. The van der Waals surface area contributed by atoms with E-state index in [0.29, 0.717) is 17.5 Å². The van der Waals surface area contributed by atoms with Gasteiger partial charge in [0.05, 0.1) is 37.1 Å². The lowest BCUT2D eigenvalue weighted by atomic mass is 10.1. The highest BCUT2D eigenvalue weighted by Gasteiger charge is 2.36. The average Bonchev–Trinajstić information content (AvgIpc) is 3.11. The zero-order valence-corrected chi connectivity index (χ0v) is 16.6. The number of nitrogens with one attached hydrogen (secondary N) is 1. The fourth-order valence-electron chi connectivity index (χ4n) is 3.27. The van der Waals surface area contributed by atoms with Gasteiger partial charge in [0.15, 0.2) is 0 Å². The fraction of sp³-hybridized carbons (Fsp3) is 0.286. The van der Waals surface area contributed by atoms with Gasteiger partial charge in [-0.3, -0.25) is 9.59 Å². The summed E-state index contributed by atoms with van der Waals surface area (Å²) < 4.78 is 37.6. The van der Waals surface area contributed by atoms with Crippen LogP contribution in [-0.2, 0) is 14.3 Å². The van der Waals surface area contributed by atoms with Crippen LogP contribution in [0.2, 0.25) is 0 Å². The molecule has 0 radical (unpaired) electrons. The van der Waals surface area contributed by atoms with Crippen LogP contribution >= 0.6 is 0 Å². The first-order chi connectivity index (χ1) is 14.2. The van der Waals surface area contributed by atoms with Crippen LogP contribution in [0.3, 0.4) is 0 Å². The predicted octanol–water partition coefficient (Wildman–Crippen LogP) is 3.06. The van der Waals surface area contributed by atoms with Crippen LogP contribution in [0.5, 0.6) is 5.75 Å². The number of methoxy groups -OCH3 is 2. The molecule has 30 heavy (non-hydrogen) atoms. The summed E-state index contributed by atoms with van der Waals surface area (Å²) in [7, 11) is 2.54. The van der Waals surface area contributed by atoms with Gasteiger partial charge in [0.2, 0.25) is 11.8 Å². The number of aryl methyl sites for hydroxylation is 1. The first kappa shape index (κ1) is 21.2. The number of carbonyl (C=O) groups excluding carboxylic acids is 3. The maximum absolute atomic E-state index is 14.1. The summed E-state index contributed by atoms with van der Waals surface area (Å²) in [5, 5.41) is 2.33. The zero-order chi connectivity index (χ0) is 22.0. The van der Waals surface area contributed by atoms with Crippen LogP contribution in [0.4, 0.5) is 20.2 Å². The average molecular weight is 418 g/mol. The topological polar surface area (TPSA) is 84.9 Å². The molecule has 1 saturated heterocycles. The van der Waals surface area contributed by atoms with E-state index in [-0.39, 0.29) is 24.6 Å². The molecule has 1 aliphatic heterocycles. The van der Waals surface area contributed by atoms with Crippen molar-refractivity contribution in [2.75, 3.05) is 31.0 Å². The lowest BCUT2D eigenvalue weighted by Gasteiger charge is -2.20. The highest BCUT2D eigenvalue weighted by Crippen LogP contribution is 2.34. The van der Waals surface area contributed by atoms with Crippen LogP contribution in [0, 0.1) is 24.5 Å². The Balaban J connectivity index is 1.81. The third-order valence-electron chi connectivity index (χ3n) is 4.84. The number of amides is 2. The van der Waals surface area contributed by atoms with E-state index in [9.17, 15) is 23.2 Å². The summed E-state index contributed by atoms with van der Waals surface area (Å²) in [6, 6.07) is 6.70. The summed E-state index contributed by atoms with van der Waals surface area (Å²) in [6.07, 6.45) is -0.0877. The molecule has 0 bridgehead atoms. The van der Waals surface area contributed by atoms with Crippen LogP contribution in [0.25, 0.3) is 0 Å². The molecule has 0 aliphatic carbocycles. The van der Waals surface area contributed by atoms with E-state index in [1.807, 2.05) is 13.0 Å². The van der Waals surface area contributed by atoms with Gasteiger partial charge in [0.1, 0.15) is 17.4 Å². The standard InChI is InChI=1S/C21H20F2N2O5/c1-11-4-5-18(29-2)17(6-11)25-10-12(7-19(25)26)20(27)24-16-8-13(21(28)30-3)14(22)9-15(16)23/h4-6,8-9,12H,7,10H2,1-3H3,(H,24,27). The smallest absolute Gasteiger partial charge is 0.340 e. The molecule has 1 fully saturated rings. The van der Waals surface area contributed by atoms with Gasteiger partial charge < -0.3 is 19.7 Å². The molecule has 1 N–H and O–H groups in total. The van der Waals surface area contributed by atoms with Gasteiger partial charge in [-0.15, -0.1) is 0 Å². The zero-order valence-electron chi connectivity index (χ0n) is 16.6. The van der Waals surface area contributed by atoms with E-state index in [1.54, 1.807) is 12.1 Å². The maximum Gasteiger partial charge on any atom is 0.340 e. The van der Waals surface area contributed by atoms with Crippen molar-refractivity contribution in [2.24, 2.45) is 5.92 Å². The first-order valence-corrected chi connectivity index (χ1v) is 9.08. The van der Waals surface area contributed by atoms with E-state index < -0.39 is 35.0 Å². The summed E-state index contributed by atoms with van der Waals surface area (Å²) in [6.45, 7) is 1.93. The summed E-state index contributed by atoms with van der Waals surface area (Å²) in [5.74, 6) is -4.35. The van der Waals surface area contributed by atoms with Gasteiger partial charge in [0.25, 0.3) is 0 Å². The number of esters is 1. The number of anilines is 2. The summed E-state index contributed by atoms with van der Waals surface area (Å²) >= 11 is 0.